The summed E-state index contributed by atoms with van der Waals surface area (Å²) in [5.74, 6) is -1.91. The lowest BCUT2D eigenvalue weighted by Crippen LogP contribution is -2.75. The first-order valence-corrected chi connectivity index (χ1v) is 10.5. The number of ether oxygens (including phenoxy) is 1. The van der Waals surface area contributed by atoms with Gasteiger partial charge in [0.25, 0.3) is 5.91 Å². The highest BCUT2D eigenvalue weighted by Gasteiger charge is 2.68. The molecule has 32 heavy (non-hydrogen) atoms. The molecule has 168 valence electrons. The van der Waals surface area contributed by atoms with E-state index in [9.17, 15) is 23.2 Å². The van der Waals surface area contributed by atoms with E-state index < -0.39 is 11.6 Å². The second-order valence-electron chi connectivity index (χ2n) is 8.69. The van der Waals surface area contributed by atoms with Crippen molar-refractivity contribution in [2.45, 2.75) is 38.1 Å². The average Bonchev–Trinajstić information content (AvgIpc) is 2.67. The number of amides is 2. The molecule has 9 heteroatoms. The van der Waals surface area contributed by atoms with Crippen molar-refractivity contribution in [2.24, 2.45) is 5.41 Å². The lowest BCUT2D eigenvalue weighted by molar-refractivity contribution is -0.164. The van der Waals surface area contributed by atoms with Gasteiger partial charge >= 0.3 is 0 Å². The van der Waals surface area contributed by atoms with Gasteiger partial charge in [0.15, 0.2) is 12.4 Å². The Hall–Kier alpha value is -3.00. The zero-order valence-corrected chi connectivity index (χ0v) is 18.0. The number of hydrogen-bond donors (Lipinski definition) is 2. The van der Waals surface area contributed by atoms with Gasteiger partial charge in [0.2, 0.25) is 5.91 Å². The molecule has 0 saturated heterocycles. The molecule has 2 aromatic carbocycles. The summed E-state index contributed by atoms with van der Waals surface area (Å²) in [7, 11) is 0. The molecule has 0 radical (unpaired) electrons. The van der Waals surface area contributed by atoms with Gasteiger partial charge in [-0.25, -0.2) is 8.78 Å². The minimum atomic E-state index is -0.629. The van der Waals surface area contributed by atoms with Crippen molar-refractivity contribution < 1.29 is 27.9 Å². The standard InChI is InChI=1S/C23H21ClF2N2O4/c1-13(29)27-19-5-2-14(25)6-16(19)20(30)8-22-10-23(11-22,12-22)28-21(31)9-32-15-3-4-17(24)18(26)7-15/h2-7H,8-12H2,1H3,(H,27,29)(H,28,31). The van der Waals surface area contributed by atoms with E-state index in [1.54, 1.807) is 0 Å². The van der Waals surface area contributed by atoms with Crippen LogP contribution in [0.25, 0.3) is 0 Å². The Bertz CT molecular complexity index is 1100. The zero-order valence-electron chi connectivity index (χ0n) is 17.3. The van der Waals surface area contributed by atoms with Crippen molar-refractivity contribution in [3.8, 4) is 5.75 Å². The van der Waals surface area contributed by atoms with Gasteiger partial charge in [-0.1, -0.05) is 11.6 Å². The van der Waals surface area contributed by atoms with Crippen molar-refractivity contribution in [2.75, 3.05) is 11.9 Å². The van der Waals surface area contributed by atoms with Crippen LogP contribution >= 0.6 is 11.6 Å². The zero-order chi connectivity index (χ0) is 23.1. The number of halogens is 3. The van der Waals surface area contributed by atoms with Crippen LogP contribution in [0.3, 0.4) is 0 Å². The average molecular weight is 463 g/mol. The molecule has 2 N–H and O–H groups in total. The summed E-state index contributed by atoms with van der Waals surface area (Å²) in [5, 5.41) is 5.45. The van der Waals surface area contributed by atoms with Crippen LogP contribution in [0.2, 0.25) is 5.02 Å². The normalized spacial score (nSPS) is 22.9. The van der Waals surface area contributed by atoms with Gasteiger partial charge in [0.1, 0.15) is 17.4 Å². The molecule has 0 heterocycles. The minimum absolute atomic E-state index is 0.0297. The molecular weight excluding hydrogens is 442 g/mol. The molecule has 2 amide bonds. The third-order valence-electron chi connectivity index (χ3n) is 5.93. The Labute approximate surface area is 188 Å². The highest BCUT2D eigenvalue weighted by atomic mass is 35.5. The van der Waals surface area contributed by atoms with Crippen molar-refractivity contribution in [3.05, 3.63) is 58.6 Å². The van der Waals surface area contributed by atoms with Crippen LogP contribution in [0.5, 0.6) is 5.75 Å². The molecule has 3 aliphatic carbocycles. The summed E-state index contributed by atoms with van der Waals surface area (Å²) < 4.78 is 32.4. The Balaban J connectivity index is 1.29. The van der Waals surface area contributed by atoms with E-state index in [0.29, 0.717) is 19.3 Å². The second kappa shape index (κ2) is 8.16. The number of hydrogen-bond acceptors (Lipinski definition) is 4. The second-order valence-corrected chi connectivity index (χ2v) is 9.10. The van der Waals surface area contributed by atoms with E-state index in [0.717, 1.165) is 12.1 Å². The number of carbonyl (C=O) groups is 3. The SMILES string of the molecule is CC(=O)Nc1ccc(F)cc1C(=O)CC12CC(NC(=O)COc3ccc(Cl)c(F)c3)(C1)C2. The Morgan fingerprint density at radius 2 is 1.81 bits per heavy atom. The fraction of sp³-hybridized carbons (Fsp3) is 0.348. The molecule has 5 rings (SSSR count). The van der Waals surface area contributed by atoms with Gasteiger partial charge in [-0.2, -0.15) is 0 Å². The molecule has 3 aliphatic rings. The summed E-state index contributed by atoms with van der Waals surface area (Å²) in [6.45, 7) is 1.05. The summed E-state index contributed by atoms with van der Waals surface area (Å²) in [6, 6.07) is 7.63. The van der Waals surface area contributed by atoms with Crippen LogP contribution in [0.4, 0.5) is 14.5 Å². The van der Waals surface area contributed by atoms with Crippen molar-refractivity contribution in [1.29, 1.82) is 0 Å². The van der Waals surface area contributed by atoms with Crippen LogP contribution in [0.15, 0.2) is 36.4 Å². The lowest BCUT2D eigenvalue weighted by atomic mass is 9.38. The molecule has 0 spiro atoms. The van der Waals surface area contributed by atoms with Crippen molar-refractivity contribution in [3.63, 3.8) is 0 Å². The van der Waals surface area contributed by atoms with Gasteiger partial charge in [-0.3, -0.25) is 14.4 Å². The van der Waals surface area contributed by atoms with E-state index in [4.69, 9.17) is 16.3 Å². The molecule has 0 atom stereocenters. The van der Waals surface area contributed by atoms with Crippen LogP contribution in [0.1, 0.15) is 43.0 Å². The number of anilines is 1. The predicted octanol–water partition coefficient (Wildman–Crippen LogP) is 4.27. The molecule has 3 fully saturated rings. The van der Waals surface area contributed by atoms with Crippen LogP contribution in [-0.4, -0.2) is 29.7 Å². The highest BCUT2D eigenvalue weighted by Crippen LogP contribution is 2.69. The Kier molecular flexibility index (Phi) is 5.67. The molecule has 2 bridgehead atoms. The van der Waals surface area contributed by atoms with E-state index in [-0.39, 0.29) is 63.6 Å². The first kappa shape index (κ1) is 22.2. The molecule has 0 unspecified atom stereocenters. The largest absolute Gasteiger partial charge is 0.484 e. The maximum absolute atomic E-state index is 13.7. The highest BCUT2D eigenvalue weighted by molar-refractivity contribution is 6.30. The molecule has 0 aliphatic heterocycles. The van der Waals surface area contributed by atoms with Crippen LogP contribution < -0.4 is 15.4 Å². The van der Waals surface area contributed by atoms with Crippen LogP contribution in [0, 0.1) is 17.0 Å². The topological polar surface area (TPSA) is 84.5 Å². The van der Waals surface area contributed by atoms with Gasteiger partial charge in [0, 0.05) is 30.5 Å². The summed E-state index contributed by atoms with van der Waals surface area (Å²) in [4.78, 5) is 36.4. The van der Waals surface area contributed by atoms with Gasteiger partial charge in [-0.15, -0.1) is 0 Å². The smallest absolute Gasteiger partial charge is 0.258 e. The summed E-state index contributed by atoms with van der Waals surface area (Å²) in [6.07, 6.45) is 2.12. The van der Waals surface area contributed by atoms with Gasteiger partial charge < -0.3 is 15.4 Å². The van der Waals surface area contributed by atoms with E-state index in [1.807, 2.05) is 0 Å². The fourth-order valence-corrected chi connectivity index (χ4v) is 4.96. The quantitative estimate of drug-likeness (QED) is 0.574. The van der Waals surface area contributed by atoms with Crippen molar-refractivity contribution >= 4 is 34.9 Å². The van der Waals surface area contributed by atoms with Crippen LogP contribution in [-0.2, 0) is 9.59 Å². The summed E-state index contributed by atoms with van der Waals surface area (Å²) >= 11 is 5.62. The molecular formula is C23H21ClF2N2O4. The first-order chi connectivity index (χ1) is 15.1. The number of carbonyl (C=O) groups excluding carboxylic acids is 3. The number of nitrogens with one attached hydrogen (secondary N) is 2. The number of Topliss-reactive ketones (excluding diaryl/α,β-unsaturated/α-hetero) is 1. The first-order valence-electron chi connectivity index (χ1n) is 10.1. The van der Waals surface area contributed by atoms with Crippen molar-refractivity contribution in [1.82, 2.24) is 5.32 Å². The number of ketones is 1. The third kappa shape index (κ3) is 4.46. The maximum atomic E-state index is 13.7. The number of rotatable bonds is 8. The van der Waals surface area contributed by atoms with E-state index in [2.05, 4.69) is 10.6 Å². The third-order valence-corrected chi connectivity index (χ3v) is 6.24. The lowest BCUT2D eigenvalue weighted by Gasteiger charge is -2.70. The molecule has 6 nitrogen and oxygen atoms in total. The van der Waals surface area contributed by atoms with E-state index in [1.165, 1.54) is 31.2 Å². The summed E-state index contributed by atoms with van der Waals surface area (Å²) in [5.41, 5.74) is -0.167. The van der Waals surface area contributed by atoms with Gasteiger partial charge in [-0.05, 0) is 55.0 Å². The van der Waals surface area contributed by atoms with E-state index >= 15 is 0 Å². The number of benzene rings is 2. The Morgan fingerprint density at radius 3 is 2.47 bits per heavy atom. The maximum Gasteiger partial charge on any atom is 0.258 e. The predicted molar refractivity (Wildman–Crippen MR) is 114 cm³/mol. The molecule has 2 aromatic rings. The Morgan fingerprint density at radius 1 is 1.09 bits per heavy atom. The minimum Gasteiger partial charge on any atom is -0.484 e. The monoisotopic (exact) mass is 462 g/mol. The van der Waals surface area contributed by atoms with Gasteiger partial charge in [0.05, 0.1) is 10.7 Å². The molecule has 0 aromatic heterocycles. The molecule has 3 saturated carbocycles. The fourth-order valence-electron chi connectivity index (χ4n) is 4.85.